The maximum Gasteiger partial charge on any atom is 0.0373 e. The third-order valence-corrected chi connectivity index (χ3v) is 6.47. The molecule has 0 unspecified atom stereocenters. The summed E-state index contributed by atoms with van der Waals surface area (Å²) >= 11 is 0. The maximum atomic E-state index is 4.42. The van der Waals surface area contributed by atoms with Crippen LogP contribution < -0.4 is 0 Å². The lowest BCUT2D eigenvalue weighted by molar-refractivity contribution is 0.239. The van der Waals surface area contributed by atoms with Gasteiger partial charge in [0.1, 0.15) is 0 Å². The van der Waals surface area contributed by atoms with Gasteiger partial charge in [-0.15, -0.1) is 11.5 Å². The lowest BCUT2D eigenvalue weighted by Gasteiger charge is -2.31. The monoisotopic (exact) mass is 410 g/mol. The Morgan fingerprint density at radius 1 is 0.700 bits per heavy atom. The molecule has 0 N–H and O–H groups in total. The number of hydrogen-bond donors (Lipinski definition) is 0. The Hall–Kier alpha value is -1.70. The first-order valence-corrected chi connectivity index (χ1v) is 11.6. The molecule has 0 aromatic carbocycles. The van der Waals surface area contributed by atoms with Crippen LogP contribution in [0.15, 0.2) is 46.0 Å². The average Bonchev–Trinajstić information content (AvgIpc) is 2.74. The molecule has 4 heteroatoms. The van der Waals surface area contributed by atoms with Crippen molar-refractivity contribution in [3.8, 4) is 0 Å². The lowest BCUT2D eigenvalue weighted by Crippen LogP contribution is -2.35. The summed E-state index contributed by atoms with van der Waals surface area (Å²) in [5.74, 6) is 0. The smallest absolute Gasteiger partial charge is 0.0373 e. The van der Waals surface area contributed by atoms with Gasteiger partial charge in [0, 0.05) is 36.3 Å². The van der Waals surface area contributed by atoms with Crippen LogP contribution in [0.1, 0.15) is 66.2 Å². The second kappa shape index (κ2) is 11.6. The Balaban J connectivity index is 1.97. The number of rotatable bonds is 9. The summed E-state index contributed by atoms with van der Waals surface area (Å²) in [6.07, 6.45) is 11.7. The molecule has 2 fully saturated rings. The van der Waals surface area contributed by atoms with E-state index in [1.165, 1.54) is 75.9 Å². The summed E-state index contributed by atoms with van der Waals surface area (Å²) in [6, 6.07) is 0. The van der Waals surface area contributed by atoms with Gasteiger partial charge in [0.05, 0.1) is 0 Å². The number of hydrogen-bond acceptors (Lipinski definition) is 4. The van der Waals surface area contributed by atoms with E-state index in [0.717, 1.165) is 13.1 Å². The molecule has 30 heavy (non-hydrogen) atoms. The first-order chi connectivity index (χ1) is 14.3. The molecule has 0 aliphatic carbocycles. The van der Waals surface area contributed by atoms with Crippen molar-refractivity contribution in [3.05, 3.63) is 35.8 Å². The second-order valence-corrected chi connectivity index (χ2v) is 9.92. The van der Waals surface area contributed by atoms with E-state index in [-0.39, 0.29) is 10.8 Å². The molecule has 0 radical (unpaired) electrons. The van der Waals surface area contributed by atoms with Crippen molar-refractivity contribution in [2.75, 3.05) is 39.3 Å². The van der Waals surface area contributed by atoms with Crippen molar-refractivity contribution in [1.82, 2.24) is 9.80 Å². The first kappa shape index (κ1) is 24.6. The second-order valence-electron chi connectivity index (χ2n) is 9.92. The summed E-state index contributed by atoms with van der Waals surface area (Å²) in [7, 11) is 0. The predicted molar refractivity (Wildman–Crippen MR) is 130 cm³/mol. The molecule has 0 spiro atoms. The van der Waals surface area contributed by atoms with Gasteiger partial charge < -0.3 is 0 Å². The van der Waals surface area contributed by atoms with Crippen LogP contribution in [0.25, 0.3) is 0 Å². The van der Waals surface area contributed by atoms with Crippen molar-refractivity contribution >= 4 is 12.4 Å². The van der Waals surface area contributed by atoms with Crippen LogP contribution in [0.5, 0.6) is 0 Å². The zero-order valence-electron chi connectivity index (χ0n) is 19.8. The van der Waals surface area contributed by atoms with Crippen LogP contribution in [-0.2, 0) is 0 Å². The van der Waals surface area contributed by atoms with Crippen molar-refractivity contribution in [1.29, 1.82) is 0 Å². The zero-order valence-corrected chi connectivity index (χ0v) is 19.8. The van der Waals surface area contributed by atoms with Gasteiger partial charge in [0.2, 0.25) is 0 Å². The highest BCUT2D eigenvalue weighted by molar-refractivity contribution is 5.73. The molecule has 0 bridgehead atoms. The van der Waals surface area contributed by atoms with Crippen molar-refractivity contribution < 1.29 is 0 Å². The number of nitrogens with zero attached hydrogens (tertiary/aromatic N) is 4. The first-order valence-electron chi connectivity index (χ1n) is 11.6. The van der Waals surface area contributed by atoms with Gasteiger partial charge in [-0.1, -0.05) is 53.7 Å². The minimum absolute atomic E-state index is 0.217. The van der Waals surface area contributed by atoms with Crippen LogP contribution in [0.3, 0.4) is 0 Å². The molecule has 166 valence electrons. The summed E-state index contributed by atoms with van der Waals surface area (Å²) in [6.45, 7) is 23.0. The van der Waals surface area contributed by atoms with E-state index in [2.05, 4.69) is 72.3 Å². The Bertz CT molecular complexity index is 641. The van der Waals surface area contributed by atoms with E-state index in [4.69, 9.17) is 0 Å². The largest absolute Gasteiger partial charge is 0.299 e. The average molecular weight is 411 g/mol. The van der Waals surface area contributed by atoms with Gasteiger partial charge in [0.15, 0.2) is 0 Å². The predicted octanol–water partition coefficient (Wildman–Crippen LogP) is 5.49. The van der Waals surface area contributed by atoms with Crippen LogP contribution in [0.4, 0.5) is 0 Å². The molecule has 0 saturated carbocycles. The van der Waals surface area contributed by atoms with E-state index >= 15 is 0 Å². The SMILES string of the molecule is C=C=C(CN1CCCCC1)C(C)(C)/C=N/N=C/C(C)(C)C(=C=C)CN1CCCCC1. The van der Waals surface area contributed by atoms with Gasteiger partial charge in [0.25, 0.3) is 0 Å². The highest BCUT2D eigenvalue weighted by Crippen LogP contribution is 2.27. The standard InChI is InChI=1S/C26H42N4/c1-7-23(19-29-15-11-9-12-16-29)25(3,4)21-27-28-22-26(5,6)24(8-2)20-30-17-13-10-14-18-30/h21-22H,1-2,9-20H2,3-6H3/b27-21+,28-22+. The van der Waals surface area contributed by atoms with Crippen LogP contribution in [0, 0.1) is 10.8 Å². The fourth-order valence-corrected chi connectivity index (χ4v) is 4.17. The highest BCUT2D eigenvalue weighted by Gasteiger charge is 2.25. The van der Waals surface area contributed by atoms with E-state index in [0.29, 0.717) is 0 Å². The molecule has 0 aromatic heterocycles. The van der Waals surface area contributed by atoms with Gasteiger partial charge in [-0.25, -0.2) is 0 Å². The fourth-order valence-electron chi connectivity index (χ4n) is 4.17. The van der Waals surface area contributed by atoms with Gasteiger partial charge in [-0.2, -0.15) is 10.2 Å². The number of likely N-dealkylation sites (tertiary alicyclic amines) is 2. The molecular formula is C26H42N4. The maximum absolute atomic E-state index is 4.42. The van der Waals surface area contributed by atoms with Crippen molar-refractivity contribution in [2.24, 2.45) is 21.0 Å². The Morgan fingerprint density at radius 3 is 1.33 bits per heavy atom. The van der Waals surface area contributed by atoms with E-state index in [1.807, 2.05) is 12.4 Å². The molecule has 0 atom stereocenters. The third kappa shape index (κ3) is 7.52. The zero-order chi connectivity index (χ0) is 22.0. The van der Waals surface area contributed by atoms with Gasteiger partial charge in [-0.05, 0) is 63.0 Å². The van der Waals surface area contributed by atoms with Crippen LogP contribution in [-0.4, -0.2) is 61.5 Å². The van der Waals surface area contributed by atoms with Gasteiger partial charge in [-0.3, -0.25) is 9.80 Å². The summed E-state index contributed by atoms with van der Waals surface area (Å²) in [5, 5.41) is 8.83. The van der Waals surface area contributed by atoms with Crippen LogP contribution >= 0.6 is 0 Å². The minimum atomic E-state index is -0.217. The molecule has 2 rings (SSSR count). The Kier molecular flexibility index (Phi) is 9.52. The molecular weight excluding hydrogens is 368 g/mol. The van der Waals surface area contributed by atoms with Crippen molar-refractivity contribution in [2.45, 2.75) is 66.2 Å². The fraction of sp³-hybridized carbons (Fsp3) is 0.692. The minimum Gasteiger partial charge on any atom is -0.299 e. The molecule has 4 nitrogen and oxygen atoms in total. The quantitative estimate of drug-likeness (QED) is 0.286. The summed E-state index contributed by atoms with van der Waals surface area (Å²) < 4.78 is 0. The highest BCUT2D eigenvalue weighted by atomic mass is 15.2. The number of piperidine rings is 2. The molecule has 0 aromatic rings. The summed E-state index contributed by atoms with van der Waals surface area (Å²) in [4.78, 5) is 5.00. The van der Waals surface area contributed by atoms with E-state index in [9.17, 15) is 0 Å². The lowest BCUT2D eigenvalue weighted by atomic mass is 9.85. The Morgan fingerprint density at radius 2 is 1.03 bits per heavy atom. The van der Waals surface area contributed by atoms with E-state index < -0.39 is 0 Å². The molecule has 2 aliphatic heterocycles. The Labute approximate surface area is 184 Å². The molecule has 2 heterocycles. The van der Waals surface area contributed by atoms with Crippen LogP contribution in [0.2, 0.25) is 0 Å². The molecule has 2 aliphatic rings. The van der Waals surface area contributed by atoms with E-state index in [1.54, 1.807) is 0 Å². The third-order valence-electron chi connectivity index (χ3n) is 6.47. The topological polar surface area (TPSA) is 31.2 Å². The van der Waals surface area contributed by atoms with Gasteiger partial charge >= 0.3 is 0 Å². The molecule has 2 saturated heterocycles. The normalized spacial score (nSPS) is 19.7. The van der Waals surface area contributed by atoms with Crippen molar-refractivity contribution in [3.63, 3.8) is 0 Å². The summed E-state index contributed by atoms with van der Waals surface area (Å²) in [5.41, 5.74) is 8.27. The molecule has 0 amide bonds.